The molecular formula is C21H21F3N2O4S. The smallest absolute Gasteiger partial charge is 0.325 e. The molecule has 2 aromatic rings. The molecule has 0 unspecified atom stereocenters. The molecule has 0 atom stereocenters. The fourth-order valence-electron chi connectivity index (χ4n) is 3.56. The van der Waals surface area contributed by atoms with E-state index in [1.165, 1.54) is 13.0 Å². The lowest BCUT2D eigenvalue weighted by molar-refractivity contribution is -0.139. The van der Waals surface area contributed by atoms with Crippen molar-refractivity contribution in [2.45, 2.75) is 30.8 Å². The number of piperidine rings is 1. The minimum Gasteiger partial charge on any atom is -0.325 e. The van der Waals surface area contributed by atoms with Crippen LogP contribution in [-0.2, 0) is 21.0 Å². The maximum Gasteiger partial charge on any atom is 0.417 e. The van der Waals surface area contributed by atoms with E-state index in [0.29, 0.717) is 11.3 Å². The van der Waals surface area contributed by atoms with Gasteiger partial charge in [0.2, 0.25) is 15.9 Å². The Morgan fingerprint density at radius 1 is 1.00 bits per heavy atom. The van der Waals surface area contributed by atoms with E-state index in [1.807, 2.05) is 0 Å². The van der Waals surface area contributed by atoms with Gasteiger partial charge >= 0.3 is 6.18 Å². The highest BCUT2D eigenvalue weighted by atomic mass is 32.2. The first kappa shape index (κ1) is 23.0. The summed E-state index contributed by atoms with van der Waals surface area (Å²) in [6.45, 7) is 1.22. The van der Waals surface area contributed by atoms with Crippen LogP contribution in [-0.4, -0.2) is 37.5 Å². The number of ketones is 1. The zero-order chi connectivity index (χ0) is 22.8. The van der Waals surface area contributed by atoms with Gasteiger partial charge in [-0.25, -0.2) is 8.42 Å². The number of benzene rings is 2. The number of rotatable bonds is 5. The highest BCUT2D eigenvalue weighted by Crippen LogP contribution is 2.36. The molecule has 0 radical (unpaired) electrons. The highest BCUT2D eigenvalue weighted by molar-refractivity contribution is 7.89. The maximum absolute atomic E-state index is 13.3. The molecule has 1 fully saturated rings. The van der Waals surface area contributed by atoms with Gasteiger partial charge in [-0.3, -0.25) is 9.59 Å². The summed E-state index contributed by atoms with van der Waals surface area (Å²) in [6, 6.07) is 10.6. The van der Waals surface area contributed by atoms with E-state index in [1.54, 1.807) is 24.3 Å². The molecule has 0 spiro atoms. The van der Waals surface area contributed by atoms with E-state index < -0.39 is 32.6 Å². The third-order valence-corrected chi connectivity index (χ3v) is 7.16. The number of para-hydroxylation sites is 1. The lowest BCUT2D eigenvalue weighted by atomic mass is 9.97. The molecule has 2 aromatic carbocycles. The molecule has 0 bridgehead atoms. The van der Waals surface area contributed by atoms with E-state index in [9.17, 15) is 31.2 Å². The minimum atomic E-state index is -4.80. The summed E-state index contributed by atoms with van der Waals surface area (Å²) in [5.74, 6) is -1.09. The molecule has 31 heavy (non-hydrogen) atoms. The minimum absolute atomic E-state index is 0.0824. The van der Waals surface area contributed by atoms with Crippen molar-refractivity contribution in [2.24, 2.45) is 5.92 Å². The van der Waals surface area contributed by atoms with Gasteiger partial charge in [0.15, 0.2) is 5.78 Å². The first-order chi connectivity index (χ1) is 14.5. The van der Waals surface area contributed by atoms with Crippen molar-refractivity contribution in [1.29, 1.82) is 0 Å². The van der Waals surface area contributed by atoms with Crippen molar-refractivity contribution in [3.05, 3.63) is 59.7 Å². The van der Waals surface area contributed by atoms with Crippen LogP contribution in [0.2, 0.25) is 0 Å². The summed E-state index contributed by atoms with van der Waals surface area (Å²) >= 11 is 0. The van der Waals surface area contributed by atoms with Crippen LogP contribution in [0.15, 0.2) is 53.4 Å². The van der Waals surface area contributed by atoms with Crippen molar-refractivity contribution in [1.82, 2.24) is 4.31 Å². The number of hydrogen-bond acceptors (Lipinski definition) is 4. The van der Waals surface area contributed by atoms with Gasteiger partial charge in [-0.15, -0.1) is 0 Å². The zero-order valence-electron chi connectivity index (χ0n) is 16.6. The second kappa shape index (κ2) is 8.80. The number of nitrogens with zero attached hydrogens (tertiary/aromatic N) is 1. The maximum atomic E-state index is 13.3. The molecular weight excluding hydrogens is 433 g/mol. The van der Waals surface area contributed by atoms with Crippen molar-refractivity contribution in [3.63, 3.8) is 0 Å². The van der Waals surface area contributed by atoms with Crippen LogP contribution in [0.1, 0.15) is 35.7 Å². The molecule has 1 aliphatic heterocycles. The number of alkyl halides is 3. The van der Waals surface area contributed by atoms with E-state index in [2.05, 4.69) is 5.32 Å². The first-order valence-electron chi connectivity index (χ1n) is 9.59. The van der Waals surface area contributed by atoms with Gasteiger partial charge in [0.05, 0.1) is 16.1 Å². The number of carbonyl (C=O) groups excluding carboxylic acids is 2. The standard InChI is InChI=1S/C21H21F3N2O4S/c1-14(27)16-6-2-4-8-18(16)25-20(28)15-10-12-26(13-11-15)31(29,30)19-9-5-3-7-17(19)21(22,23)24/h2-9,15H,10-13H2,1H3,(H,25,28). The summed E-state index contributed by atoms with van der Waals surface area (Å²) < 4.78 is 66.4. The molecule has 1 N–H and O–H groups in total. The summed E-state index contributed by atoms with van der Waals surface area (Å²) in [6.07, 6.45) is -4.49. The Hall–Kier alpha value is -2.72. The van der Waals surface area contributed by atoms with Crippen molar-refractivity contribution < 1.29 is 31.2 Å². The van der Waals surface area contributed by atoms with Crippen LogP contribution in [0.4, 0.5) is 18.9 Å². The SMILES string of the molecule is CC(=O)c1ccccc1NC(=O)C1CCN(S(=O)(=O)c2ccccc2C(F)(F)F)CC1. The van der Waals surface area contributed by atoms with Crippen LogP contribution in [0.25, 0.3) is 0 Å². The van der Waals surface area contributed by atoms with Gasteiger partial charge in [-0.1, -0.05) is 24.3 Å². The predicted molar refractivity (Wildman–Crippen MR) is 108 cm³/mol. The lowest BCUT2D eigenvalue weighted by Crippen LogP contribution is -2.42. The number of nitrogens with one attached hydrogen (secondary N) is 1. The Morgan fingerprint density at radius 2 is 1.58 bits per heavy atom. The Labute approximate surface area is 178 Å². The lowest BCUT2D eigenvalue weighted by Gasteiger charge is -2.31. The number of halogens is 3. The Bertz CT molecular complexity index is 1090. The first-order valence-corrected chi connectivity index (χ1v) is 11.0. The molecule has 0 saturated carbocycles. The molecule has 166 valence electrons. The van der Waals surface area contributed by atoms with Gasteiger partial charge in [0, 0.05) is 24.6 Å². The van der Waals surface area contributed by atoms with Gasteiger partial charge in [0.1, 0.15) is 0 Å². The van der Waals surface area contributed by atoms with Crippen molar-refractivity contribution in [2.75, 3.05) is 18.4 Å². The quantitative estimate of drug-likeness (QED) is 0.694. The molecule has 1 amide bonds. The fraction of sp³-hybridized carbons (Fsp3) is 0.333. The van der Waals surface area contributed by atoms with Crippen molar-refractivity contribution in [3.8, 4) is 0 Å². The van der Waals surface area contributed by atoms with Crippen molar-refractivity contribution >= 4 is 27.4 Å². The molecule has 0 aromatic heterocycles. The largest absolute Gasteiger partial charge is 0.417 e. The average molecular weight is 454 g/mol. The third-order valence-electron chi connectivity index (χ3n) is 5.20. The molecule has 1 aliphatic rings. The number of carbonyl (C=O) groups is 2. The fourth-order valence-corrected chi connectivity index (χ4v) is 5.24. The van der Waals surface area contributed by atoms with Gasteiger partial charge in [-0.05, 0) is 44.0 Å². The number of anilines is 1. The van der Waals surface area contributed by atoms with Gasteiger partial charge < -0.3 is 5.32 Å². The molecule has 1 heterocycles. The number of amides is 1. The van der Waals surface area contributed by atoms with Crippen LogP contribution in [0, 0.1) is 5.92 Å². The van der Waals surface area contributed by atoms with E-state index in [-0.39, 0.29) is 37.6 Å². The summed E-state index contributed by atoms with van der Waals surface area (Å²) in [4.78, 5) is 23.5. The van der Waals surface area contributed by atoms with Gasteiger partial charge in [-0.2, -0.15) is 17.5 Å². The summed E-state index contributed by atoms with van der Waals surface area (Å²) in [5, 5.41) is 2.70. The van der Waals surface area contributed by atoms with Crippen LogP contribution in [0.5, 0.6) is 0 Å². The molecule has 0 aliphatic carbocycles. The second-order valence-corrected chi connectivity index (χ2v) is 9.17. The zero-order valence-corrected chi connectivity index (χ0v) is 17.5. The van der Waals surface area contributed by atoms with Crippen LogP contribution >= 0.6 is 0 Å². The number of Topliss-reactive ketones (excluding diaryl/α,β-unsaturated/α-hetero) is 1. The molecule has 1 saturated heterocycles. The predicted octanol–water partition coefficient (Wildman–Crippen LogP) is 3.95. The topological polar surface area (TPSA) is 83.6 Å². The highest BCUT2D eigenvalue weighted by Gasteiger charge is 2.40. The third kappa shape index (κ3) is 4.96. The molecule has 3 rings (SSSR count). The average Bonchev–Trinajstić information content (AvgIpc) is 2.73. The normalized spacial score (nSPS) is 16.1. The molecule has 6 nitrogen and oxygen atoms in total. The summed E-state index contributed by atoms with van der Waals surface area (Å²) in [5.41, 5.74) is -0.482. The van der Waals surface area contributed by atoms with E-state index in [4.69, 9.17) is 0 Å². The Balaban J connectivity index is 1.71. The Morgan fingerprint density at radius 3 is 2.19 bits per heavy atom. The van der Waals surface area contributed by atoms with Crippen LogP contribution < -0.4 is 5.32 Å². The molecule has 10 heteroatoms. The monoisotopic (exact) mass is 454 g/mol. The number of sulfonamides is 1. The Kier molecular flexibility index (Phi) is 6.51. The number of hydrogen-bond donors (Lipinski definition) is 1. The van der Waals surface area contributed by atoms with E-state index in [0.717, 1.165) is 22.5 Å². The van der Waals surface area contributed by atoms with Crippen LogP contribution in [0.3, 0.4) is 0 Å². The second-order valence-electron chi connectivity index (χ2n) is 7.26. The van der Waals surface area contributed by atoms with Gasteiger partial charge in [0.25, 0.3) is 0 Å². The van der Waals surface area contributed by atoms with E-state index >= 15 is 0 Å². The summed E-state index contributed by atoms with van der Waals surface area (Å²) in [7, 11) is -4.36.